The number of nitrogens with zero attached hydrogens (tertiary/aromatic N) is 3. The summed E-state index contributed by atoms with van der Waals surface area (Å²) in [4.78, 5) is 10.6. The second-order valence-electron chi connectivity index (χ2n) is 4.71. The van der Waals surface area contributed by atoms with Gasteiger partial charge in [0, 0.05) is 13.0 Å². The van der Waals surface area contributed by atoms with E-state index in [9.17, 15) is 4.79 Å². The number of carboxylic acids is 1. The van der Waals surface area contributed by atoms with Crippen LogP contribution in [0.15, 0.2) is 5.16 Å². The first kappa shape index (κ1) is 16.0. The summed E-state index contributed by atoms with van der Waals surface area (Å²) in [5, 5.41) is 17.5. The first-order valence-electron chi connectivity index (χ1n) is 6.30. The summed E-state index contributed by atoms with van der Waals surface area (Å²) < 4.78 is 7.63. The summed E-state index contributed by atoms with van der Waals surface area (Å²) in [6, 6.07) is 0. The van der Waals surface area contributed by atoms with Crippen molar-refractivity contribution in [3.8, 4) is 0 Å². The maximum absolute atomic E-state index is 10.6. The SMILES string of the molecule is CCOC(C)(C)Cn1c(CC)nnc1SCC(=O)O. The van der Waals surface area contributed by atoms with Gasteiger partial charge in [0.2, 0.25) is 0 Å². The predicted molar refractivity (Wildman–Crippen MR) is 73.5 cm³/mol. The number of carbonyl (C=O) groups is 1. The van der Waals surface area contributed by atoms with Crippen molar-refractivity contribution in [2.45, 2.75) is 51.4 Å². The van der Waals surface area contributed by atoms with Crippen molar-refractivity contribution in [3.05, 3.63) is 5.82 Å². The molecule has 1 rings (SSSR count). The van der Waals surface area contributed by atoms with Crippen LogP contribution >= 0.6 is 11.8 Å². The molecule has 0 bridgehead atoms. The molecule has 108 valence electrons. The lowest BCUT2D eigenvalue weighted by Crippen LogP contribution is -2.31. The van der Waals surface area contributed by atoms with E-state index in [1.54, 1.807) is 0 Å². The third-order valence-electron chi connectivity index (χ3n) is 2.51. The number of aromatic nitrogens is 3. The molecule has 0 aromatic carbocycles. The van der Waals surface area contributed by atoms with E-state index in [1.807, 2.05) is 32.3 Å². The van der Waals surface area contributed by atoms with Gasteiger partial charge in [-0.05, 0) is 20.8 Å². The molecule has 6 nitrogen and oxygen atoms in total. The molecule has 19 heavy (non-hydrogen) atoms. The maximum atomic E-state index is 10.6. The molecule has 0 aliphatic carbocycles. The Hall–Kier alpha value is -1.08. The summed E-state index contributed by atoms with van der Waals surface area (Å²) in [5.41, 5.74) is -0.334. The molecule has 0 spiro atoms. The van der Waals surface area contributed by atoms with E-state index in [0.717, 1.165) is 12.2 Å². The quantitative estimate of drug-likeness (QED) is 0.735. The van der Waals surface area contributed by atoms with Crippen molar-refractivity contribution >= 4 is 17.7 Å². The first-order chi connectivity index (χ1) is 8.89. The second-order valence-corrected chi connectivity index (χ2v) is 5.66. The van der Waals surface area contributed by atoms with Crippen LogP contribution < -0.4 is 0 Å². The third kappa shape index (κ3) is 4.83. The molecule has 0 unspecified atom stereocenters. The zero-order chi connectivity index (χ0) is 14.5. The van der Waals surface area contributed by atoms with E-state index in [-0.39, 0.29) is 11.4 Å². The van der Waals surface area contributed by atoms with Crippen LogP contribution in [0.3, 0.4) is 0 Å². The number of rotatable bonds is 8. The van der Waals surface area contributed by atoms with Gasteiger partial charge in [0.25, 0.3) is 0 Å². The van der Waals surface area contributed by atoms with Gasteiger partial charge in [0.1, 0.15) is 5.82 Å². The lowest BCUT2D eigenvalue weighted by molar-refractivity contribution is -0.133. The van der Waals surface area contributed by atoms with E-state index in [1.165, 1.54) is 11.8 Å². The summed E-state index contributed by atoms with van der Waals surface area (Å²) in [6.45, 7) is 9.20. The van der Waals surface area contributed by atoms with Crippen LogP contribution in [0.25, 0.3) is 0 Å². The van der Waals surface area contributed by atoms with Gasteiger partial charge >= 0.3 is 5.97 Å². The van der Waals surface area contributed by atoms with E-state index in [4.69, 9.17) is 9.84 Å². The number of hydrogen-bond acceptors (Lipinski definition) is 5. The van der Waals surface area contributed by atoms with E-state index >= 15 is 0 Å². The molecule has 0 aliphatic rings. The number of aryl methyl sites for hydroxylation is 1. The monoisotopic (exact) mass is 287 g/mol. The summed E-state index contributed by atoms with van der Waals surface area (Å²) in [5.74, 6) is -0.0287. The van der Waals surface area contributed by atoms with Gasteiger partial charge in [-0.2, -0.15) is 0 Å². The molecule has 0 saturated carbocycles. The zero-order valence-electron chi connectivity index (χ0n) is 11.8. The second kappa shape index (κ2) is 6.91. The number of ether oxygens (including phenoxy) is 1. The molecular weight excluding hydrogens is 266 g/mol. The third-order valence-corrected chi connectivity index (χ3v) is 3.46. The topological polar surface area (TPSA) is 77.2 Å². The average Bonchev–Trinajstić information content (AvgIpc) is 2.67. The van der Waals surface area contributed by atoms with Gasteiger partial charge in [-0.25, -0.2) is 0 Å². The van der Waals surface area contributed by atoms with E-state index in [2.05, 4.69) is 10.2 Å². The predicted octanol–water partition coefficient (Wildman–Crippen LogP) is 1.83. The van der Waals surface area contributed by atoms with Crippen molar-refractivity contribution in [3.63, 3.8) is 0 Å². The summed E-state index contributed by atoms with van der Waals surface area (Å²) in [6.07, 6.45) is 0.753. The van der Waals surface area contributed by atoms with Gasteiger partial charge in [0.05, 0.1) is 17.9 Å². The summed E-state index contributed by atoms with van der Waals surface area (Å²) in [7, 11) is 0. The van der Waals surface area contributed by atoms with Crippen molar-refractivity contribution in [1.82, 2.24) is 14.8 Å². The molecule has 1 aromatic rings. The van der Waals surface area contributed by atoms with Gasteiger partial charge < -0.3 is 14.4 Å². The molecule has 0 amide bonds. The van der Waals surface area contributed by atoms with E-state index < -0.39 is 5.97 Å². The van der Waals surface area contributed by atoms with Crippen molar-refractivity contribution in [2.75, 3.05) is 12.4 Å². The highest BCUT2D eigenvalue weighted by Gasteiger charge is 2.23. The Morgan fingerprint density at radius 2 is 2.11 bits per heavy atom. The summed E-state index contributed by atoms with van der Waals surface area (Å²) >= 11 is 1.18. The fourth-order valence-electron chi connectivity index (χ4n) is 1.79. The molecule has 0 fully saturated rings. The van der Waals surface area contributed by atoms with E-state index in [0.29, 0.717) is 18.3 Å². The van der Waals surface area contributed by atoms with Crippen molar-refractivity contribution in [1.29, 1.82) is 0 Å². The van der Waals surface area contributed by atoms with Crippen LogP contribution in [-0.4, -0.2) is 43.8 Å². The lowest BCUT2D eigenvalue weighted by atomic mass is 10.1. The van der Waals surface area contributed by atoms with Crippen LogP contribution in [-0.2, 0) is 22.5 Å². The Bertz CT molecular complexity index is 432. The van der Waals surface area contributed by atoms with Crippen molar-refractivity contribution in [2.24, 2.45) is 0 Å². The van der Waals surface area contributed by atoms with Gasteiger partial charge in [-0.15, -0.1) is 10.2 Å². The molecule has 1 heterocycles. The standard InChI is InChI=1S/C12H21N3O3S/c1-5-9-13-14-11(19-7-10(16)17)15(9)8-12(3,4)18-6-2/h5-8H2,1-4H3,(H,16,17). The molecule has 0 atom stereocenters. The van der Waals surface area contributed by atoms with Crippen LogP contribution in [0.4, 0.5) is 0 Å². The number of hydrogen-bond donors (Lipinski definition) is 1. The minimum Gasteiger partial charge on any atom is -0.481 e. The minimum atomic E-state index is -0.860. The van der Waals surface area contributed by atoms with Crippen LogP contribution in [0, 0.1) is 0 Å². The lowest BCUT2D eigenvalue weighted by Gasteiger charge is -2.26. The Labute approximate surface area is 117 Å². The Kier molecular flexibility index (Phi) is 5.81. The molecule has 0 saturated heterocycles. The molecule has 1 aromatic heterocycles. The molecule has 7 heteroatoms. The highest BCUT2D eigenvalue weighted by atomic mass is 32.2. The number of aliphatic carboxylic acids is 1. The molecule has 0 aliphatic heterocycles. The van der Waals surface area contributed by atoms with Crippen LogP contribution in [0.2, 0.25) is 0 Å². The normalized spacial score (nSPS) is 11.8. The van der Waals surface area contributed by atoms with Gasteiger partial charge in [0.15, 0.2) is 5.16 Å². The first-order valence-corrected chi connectivity index (χ1v) is 7.28. The minimum absolute atomic E-state index is 0.0170. The number of thioether (sulfide) groups is 1. The molecular formula is C12H21N3O3S. The molecule has 0 radical (unpaired) electrons. The van der Waals surface area contributed by atoms with Crippen molar-refractivity contribution < 1.29 is 14.6 Å². The van der Waals surface area contributed by atoms with Gasteiger partial charge in [-0.3, -0.25) is 4.79 Å². The fourth-order valence-corrected chi connectivity index (χ4v) is 2.47. The zero-order valence-corrected chi connectivity index (χ0v) is 12.7. The molecule has 1 N–H and O–H groups in total. The largest absolute Gasteiger partial charge is 0.481 e. The van der Waals surface area contributed by atoms with Gasteiger partial charge in [-0.1, -0.05) is 18.7 Å². The van der Waals surface area contributed by atoms with Crippen LogP contribution in [0.1, 0.15) is 33.5 Å². The maximum Gasteiger partial charge on any atom is 0.313 e. The smallest absolute Gasteiger partial charge is 0.313 e. The van der Waals surface area contributed by atoms with Crippen LogP contribution in [0.5, 0.6) is 0 Å². The highest BCUT2D eigenvalue weighted by Crippen LogP contribution is 2.21. The average molecular weight is 287 g/mol. The number of carboxylic acid groups (broad SMARTS) is 1. The Morgan fingerprint density at radius 3 is 2.63 bits per heavy atom. The fraction of sp³-hybridized carbons (Fsp3) is 0.750. The Morgan fingerprint density at radius 1 is 1.42 bits per heavy atom. The Balaban J connectivity index is 2.89. The highest BCUT2D eigenvalue weighted by molar-refractivity contribution is 7.99.